The molecular formula is C14H14S. The zero-order valence-corrected chi connectivity index (χ0v) is 9.63. The minimum absolute atomic E-state index is 0.171. The number of benzene rings is 1. The summed E-state index contributed by atoms with van der Waals surface area (Å²) < 4.78 is 0. The molecule has 0 amide bonds. The van der Waals surface area contributed by atoms with Gasteiger partial charge in [-0.2, -0.15) is 10.5 Å². The van der Waals surface area contributed by atoms with E-state index < -0.39 is 0 Å². The summed E-state index contributed by atoms with van der Waals surface area (Å²) in [4.78, 5) is 1.19. The molecule has 1 atom stereocenters. The van der Waals surface area contributed by atoms with Gasteiger partial charge in [0, 0.05) is 0 Å². The first-order valence-corrected chi connectivity index (χ1v) is 6.59. The third kappa shape index (κ3) is 2.37. The molecule has 1 aromatic rings. The molecule has 0 bridgehead atoms. The Labute approximate surface area is 93.6 Å². The van der Waals surface area contributed by atoms with Gasteiger partial charge in [0.15, 0.2) is 0 Å². The van der Waals surface area contributed by atoms with Gasteiger partial charge in [0.1, 0.15) is 0 Å². The van der Waals surface area contributed by atoms with Crippen molar-refractivity contribution in [3.63, 3.8) is 0 Å². The summed E-state index contributed by atoms with van der Waals surface area (Å²) in [7, 11) is 0.171. The maximum atomic E-state index is 4.10. The van der Waals surface area contributed by atoms with Crippen molar-refractivity contribution < 1.29 is 0 Å². The van der Waals surface area contributed by atoms with Gasteiger partial charge in [-0.15, -0.1) is 0 Å². The first-order chi connectivity index (χ1) is 7.27. The largest absolute Gasteiger partial charge is 0.158 e. The molecule has 0 nitrogen and oxygen atoms in total. The highest BCUT2D eigenvalue weighted by Gasteiger charge is 2.01. The van der Waals surface area contributed by atoms with Crippen LogP contribution in [0.25, 0.3) is 5.57 Å². The molecule has 0 fully saturated rings. The number of allylic oxidation sites excluding steroid dienone is 4. The zero-order chi connectivity index (χ0) is 10.7. The van der Waals surface area contributed by atoms with E-state index in [1.165, 1.54) is 16.0 Å². The molecule has 1 heteroatoms. The maximum Gasteiger partial charge on any atom is -0.00521 e. The van der Waals surface area contributed by atoms with Crippen molar-refractivity contribution in [1.29, 1.82) is 0 Å². The van der Waals surface area contributed by atoms with E-state index >= 15 is 0 Å². The Bertz CT molecular complexity index is 461. The molecule has 1 unspecified atom stereocenters. The van der Waals surface area contributed by atoms with Crippen molar-refractivity contribution in [2.45, 2.75) is 0 Å². The molecule has 2 rings (SSSR count). The average Bonchev–Trinajstić information content (AvgIpc) is 2.43. The quantitative estimate of drug-likeness (QED) is 0.623. The first-order valence-electron chi connectivity index (χ1n) is 4.90. The molecule has 0 saturated carbocycles. The van der Waals surface area contributed by atoms with E-state index in [2.05, 4.69) is 60.7 Å². The molecule has 0 N–H and O–H groups in total. The van der Waals surface area contributed by atoms with E-state index in [1.807, 2.05) is 6.07 Å². The average molecular weight is 214 g/mol. The molecule has 0 saturated heterocycles. The second-order valence-electron chi connectivity index (χ2n) is 3.48. The fraction of sp³-hybridized carbons (Fsp3) is 0.0714. The van der Waals surface area contributed by atoms with Gasteiger partial charge in [0.25, 0.3) is 0 Å². The lowest BCUT2D eigenvalue weighted by atomic mass is 10.1. The number of rotatable bonds is 1. The molecule has 0 aliphatic carbocycles. The van der Waals surface area contributed by atoms with Gasteiger partial charge in [-0.25, -0.2) is 0 Å². The Kier molecular flexibility index (Phi) is 3.02. The second-order valence-corrected chi connectivity index (χ2v) is 5.40. The van der Waals surface area contributed by atoms with Gasteiger partial charge in [-0.3, -0.25) is 0 Å². The van der Waals surface area contributed by atoms with Crippen molar-refractivity contribution >= 4 is 21.4 Å². The molecule has 0 spiro atoms. The van der Waals surface area contributed by atoms with Crippen LogP contribution >= 0.6 is 10.5 Å². The Morgan fingerprint density at radius 3 is 2.60 bits per heavy atom. The topological polar surface area (TPSA) is 0 Å². The maximum absolute atomic E-state index is 4.10. The lowest BCUT2D eigenvalue weighted by molar-refractivity contribution is 1.62. The molecule has 15 heavy (non-hydrogen) atoms. The summed E-state index contributed by atoms with van der Waals surface area (Å²) in [5, 5.41) is 2.20. The summed E-state index contributed by atoms with van der Waals surface area (Å²) in [6, 6.07) is 10.4. The highest BCUT2D eigenvalue weighted by Crippen LogP contribution is 2.27. The Morgan fingerprint density at radius 1 is 1.13 bits per heavy atom. The molecule has 1 aliphatic rings. The standard InChI is InChI=1S/C14H14S/c1-12-11-14(9-6-10-15(12)2)13-7-4-3-5-8-13/h3-11H,1H2,2H3. The van der Waals surface area contributed by atoms with Gasteiger partial charge in [-0.05, 0) is 33.7 Å². The van der Waals surface area contributed by atoms with E-state index in [-0.39, 0.29) is 10.5 Å². The van der Waals surface area contributed by atoms with Crippen LogP contribution in [-0.2, 0) is 0 Å². The van der Waals surface area contributed by atoms with Crippen molar-refractivity contribution in [3.8, 4) is 0 Å². The molecule has 0 radical (unpaired) electrons. The SMILES string of the molecule is C=C1C=C(c2ccccc2)C=CC=S1C. The van der Waals surface area contributed by atoms with E-state index in [0.717, 1.165) is 0 Å². The first kappa shape index (κ1) is 10.2. The summed E-state index contributed by atoms with van der Waals surface area (Å²) in [6.07, 6.45) is 8.65. The van der Waals surface area contributed by atoms with Crippen LogP contribution in [-0.4, -0.2) is 11.6 Å². The molecular weight excluding hydrogens is 200 g/mol. The predicted octanol–water partition coefficient (Wildman–Crippen LogP) is 3.85. The van der Waals surface area contributed by atoms with Gasteiger partial charge in [0.2, 0.25) is 0 Å². The smallest absolute Gasteiger partial charge is 0.00521 e. The normalized spacial score (nSPS) is 20.5. The van der Waals surface area contributed by atoms with Gasteiger partial charge in [0.05, 0.1) is 0 Å². The van der Waals surface area contributed by atoms with Crippen LogP contribution in [0.1, 0.15) is 5.56 Å². The van der Waals surface area contributed by atoms with Crippen LogP contribution in [0.15, 0.2) is 60.0 Å². The van der Waals surface area contributed by atoms with Gasteiger partial charge >= 0.3 is 0 Å². The lowest BCUT2D eigenvalue weighted by Gasteiger charge is -2.03. The summed E-state index contributed by atoms with van der Waals surface area (Å²) >= 11 is 0. The fourth-order valence-electron chi connectivity index (χ4n) is 1.47. The van der Waals surface area contributed by atoms with E-state index in [0.29, 0.717) is 0 Å². The third-order valence-electron chi connectivity index (χ3n) is 2.40. The minimum atomic E-state index is 0.171. The molecule has 76 valence electrons. The van der Waals surface area contributed by atoms with Crippen LogP contribution in [0.5, 0.6) is 0 Å². The van der Waals surface area contributed by atoms with E-state index in [1.54, 1.807) is 0 Å². The Hall–Kier alpha value is -1.34. The lowest BCUT2D eigenvalue weighted by Crippen LogP contribution is -1.79. The van der Waals surface area contributed by atoms with Gasteiger partial charge in [-0.1, -0.05) is 49.1 Å². The summed E-state index contributed by atoms with van der Waals surface area (Å²) in [5.74, 6) is 0. The van der Waals surface area contributed by atoms with Gasteiger partial charge < -0.3 is 0 Å². The molecule has 0 aromatic heterocycles. The Balaban J connectivity index is 2.41. The highest BCUT2D eigenvalue weighted by atomic mass is 32.2. The highest BCUT2D eigenvalue weighted by molar-refractivity contribution is 8.18. The van der Waals surface area contributed by atoms with Crippen molar-refractivity contribution in [2.75, 3.05) is 6.26 Å². The van der Waals surface area contributed by atoms with Crippen molar-refractivity contribution in [1.82, 2.24) is 0 Å². The number of hydrogen-bond acceptors (Lipinski definition) is 0. The zero-order valence-electron chi connectivity index (χ0n) is 8.81. The summed E-state index contributed by atoms with van der Waals surface area (Å²) in [5.41, 5.74) is 2.50. The van der Waals surface area contributed by atoms with Crippen LogP contribution in [0.2, 0.25) is 0 Å². The van der Waals surface area contributed by atoms with Crippen LogP contribution < -0.4 is 0 Å². The molecule has 1 aromatic carbocycles. The van der Waals surface area contributed by atoms with E-state index in [4.69, 9.17) is 0 Å². The van der Waals surface area contributed by atoms with Crippen molar-refractivity contribution in [2.24, 2.45) is 0 Å². The molecule has 1 aliphatic heterocycles. The van der Waals surface area contributed by atoms with Crippen LogP contribution in [0, 0.1) is 0 Å². The summed E-state index contributed by atoms with van der Waals surface area (Å²) in [6.45, 7) is 4.10. The monoisotopic (exact) mass is 214 g/mol. The second kappa shape index (κ2) is 4.45. The van der Waals surface area contributed by atoms with Crippen LogP contribution in [0.3, 0.4) is 0 Å². The number of hydrogen-bond donors (Lipinski definition) is 0. The third-order valence-corrected chi connectivity index (χ3v) is 3.91. The fourth-order valence-corrected chi connectivity index (χ4v) is 2.27. The van der Waals surface area contributed by atoms with E-state index in [9.17, 15) is 0 Å². The van der Waals surface area contributed by atoms with Crippen molar-refractivity contribution in [3.05, 3.63) is 65.6 Å². The predicted molar refractivity (Wildman–Crippen MR) is 72.3 cm³/mol. The van der Waals surface area contributed by atoms with Crippen LogP contribution in [0.4, 0.5) is 0 Å². The molecule has 1 heterocycles. The Morgan fingerprint density at radius 2 is 1.87 bits per heavy atom. The minimum Gasteiger partial charge on any atom is -0.158 e.